The fraction of sp³-hybridized carbons (Fsp3) is 0. The van der Waals surface area contributed by atoms with Gasteiger partial charge in [-0.2, -0.15) is 0 Å². The summed E-state index contributed by atoms with van der Waals surface area (Å²) in [7, 11) is 0. The first-order chi connectivity index (χ1) is 8.06. The molecule has 4 nitrogen and oxygen atoms in total. The molecule has 0 aliphatic heterocycles. The molecule has 5 heteroatoms. The monoisotopic (exact) mass is 232 g/mol. The lowest BCUT2D eigenvalue weighted by atomic mass is 10.1. The van der Waals surface area contributed by atoms with E-state index in [1.807, 2.05) is 0 Å². The number of halogens is 1. The van der Waals surface area contributed by atoms with Gasteiger partial charge in [-0.05, 0) is 36.4 Å². The second-order valence-corrected chi connectivity index (χ2v) is 3.48. The van der Waals surface area contributed by atoms with Gasteiger partial charge in [0.15, 0.2) is 0 Å². The number of nitrogen functional groups attached to an aromatic ring is 1. The number of aromatic carboxylic acids is 1. The molecule has 3 N–H and O–H groups in total. The fourth-order valence-corrected chi connectivity index (χ4v) is 1.44. The largest absolute Gasteiger partial charge is 0.478 e. The first-order valence-electron chi connectivity index (χ1n) is 4.83. The van der Waals surface area contributed by atoms with E-state index in [-0.39, 0.29) is 17.2 Å². The molecule has 2 aromatic rings. The topological polar surface area (TPSA) is 76.2 Å². The Bertz CT molecular complexity index is 567. The number of carbonyl (C=O) groups is 1. The lowest BCUT2D eigenvalue weighted by Gasteiger charge is -2.04. The van der Waals surface area contributed by atoms with Crippen molar-refractivity contribution in [1.29, 1.82) is 0 Å². The Morgan fingerprint density at radius 3 is 2.47 bits per heavy atom. The molecule has 0 radical (unpaired) electrons. The Kier molecular flexibility index (Phi) is 2.74. The number of hydrogen-bond donors (Lipinski definition) is 2. The van der Waals surface area contributed by atoms with Crippen LogP contribution in [0.2, 0.25) is 0 Å². The number of hydrogen-bond acceptors (Lipinski definition) is 3. The van der Waals surface area contributed by atoms with E-state index in [0.29, 0.717) is 11.3 Å². The van der Waals surface area contributed by atoms with Gasteiger partial charge >= 0.3 is 5.97 Å². The van der Waals surface area contributed by atoms with Crippen LogP contribution in [0, 0.1) is 5.82 Å². The van der Waals surface area contributed by atoms with Gasteiger partial charge in [0.05, 0.1) is 11.3 Å². The van der Waals surface area contributed by atoms with E-state index in [9.17, 15) is 9.18 Å². The highest BCUT2D eigenvalue weighted by Crippen LogP contribution is 2.20. The number of nitrogens with zero attached hydrogens (tertiary/aromatic N) is 1. The molecule has 0 aliphatic rings. The van der Waals surface area contributed by atoms with Crippen molar-refractivity contribution in [2.45, 2.75) is 0 Å². The Balaban J connectivity index is 2.51. The number of nitrogens with two attached hydrogens (primary N) is 1. The summed E-state index contributed by atoms with van der Waals surface area (Å²) in [5.41, 5.74) is 6.59. The molecule has 17 heavy (non-hydrogen) atoms. The number of carboxylic acid groups (broad SMARTS) is 1. The van der Waals surface area contributed by atoms with Crippen molar-refractivity contribution in [2.75, 3.05) is 5.73 Å². The van der Waals surface area contributed by atoms with Gasteiger partial charge in [0.1, 0.15) is 11.6 Å². The lowest BCUT2D eigenvalue weighted by Crippen LogP contribution is -2.01. The Hall–Kier alpha value is -2.43. The summed E-state index contributed by atoms with van der Waals surface area (Å²) in [6.45, 7) is 0. The lowest BCUT2D eigenvalue weighted by molar-refractivity contribution is 0.0697. The van der Waals surface area contributed by atoms with Crippen LogP contribution in [0.1, 0.15) is 10.4 Å². The van der Waals surface area contributed by atoms with Crippen molar-refractivity contribution in [3.05, 3.63) is 47.8 Å². The van der Waals surface area contributed by atoms with Crippen LogP contribution in [-0.4, -0.2) is 16.1 Å². The minimum atomic E-state index is -1.08. The van der Waals surface area contributed by atoms with Gasteiger partial charge in [0.2, 0.25) is 0 Å². The van der Waals surface area contributed by atoms with Crippen LogP contribution in [0.4, 0.5) is 10.2 Å². The van der Waals surface area contributed by atoms with Gasteiger partial charge in [-0.25, -0.2) is 14.2 Å². The third-order valence-corrected chi connectivity index (χ3v) is 2.23. The molecule has 86 valence electrons. The van der Waals surface area contributed by atoms with E-state index < -0.39 is 5.97 Å². The second-order valence-electron chi connectivity index (χ2n) is 3.48. The molecule has 2 rings (SSSR count). The maximum Gasteiger partial charge on any atom is 0.335 e. The zero-order valence-electron chi connectivity index (χ0n) is 8.72. The molecular weight excluding hydrogens is 223 g/mol. The number of aromatic nitrogens is 1. The van der Waals surface area contributed by atoms with E-state index in [4.69, 9.17) is 10.8 Å². The first kappa shape index (κ1) is 11.1. The quantitative estimate of drug-likeness (QED) is 0.831. The van der Waals surface area contributed by atoms with E-state index >= 15 is 0 Å². The Morgan fingerprint density at radius 1 is 1.24 bits per heavy atom. The van der Waals surface area contributed by atoms with E-state index in [1.54, 1.807) is 0 Å². The molecule has 1 aromatic heterocycles. The molecular formula is C12H9FN2O2. The number of anilines is 1. The van der Waals surface area contributed by atoms with E-state index in [2.05, 4.69) is 4.98 Å². The molecule has 0 bridgehead atoms. The van der Waals surface area contributed by atoms with Crippen LogP contribution in [-0.2, 0) is 0 Å². The second kappa shape index (κ2) is 4.21. The summed E-state index contributed by atoms with van der Waals surface area (Å²) in [5, 5.41) is 8.88. The average molecular weight is 232 g/mol. The summed E-state index contributed by atoms with van der Waals surface area (Å²) in [6.07, 6.45) is 0. The molecule has 0 saturated heterocycles. The minimum Gasteiger partial charge on any atom is -0.478 e. The summed E-state index contributed by atoms with van der Waals surface area (Å²) < 4.78 is 12.7. The summed E-state index contributed by atoms with van der Waals surface area (Å²) >= 11 is 0. The number of carboxylic acids is 1. The smallest absolute Gasteiger partial charge is 0.335 e. The molecule has 0 saturated carbocycles. The highest BCUT2D eigenvalue weighted by molar-refractivity contribution is 5.89. The van der Waals surface area contributed by atoms with Gasteiger partial charge < -0.3 is 10.8 Å². The van der Waals surface area contributed by atoms with Crippen molar-refractivity contribution < 1.29 is 14.3 Å². The van der Waals surface area contributed by atoms with Crippen molar-refractivity contribution in [2.24, 2.45) is 0 Å². The van der Waals surface area contributed by atoms with E-state index in [0.717, 1.165) is 0 Å². The van der Waals surface area contributed by atoms with Crippen LogP contribution >= 0.6 is 0 Å². The van der Waals surface area contributed by atoms with Crippen molar-refractivity contribution in [1.82, 2.24) is 4.98 Å². The third-order valence-electron chi connectivity index (χ3n) is 2.23. The highest BCUT2D eigenvalue weighted by Gasteiger charge is 2.08. The number of benzene rings is 1. The van der Waals surface area contributed by atoms with E-state index in [1.165, 1.54) is 36.4 Å². The van der Waals surface area contributed by atoms with Gasteiger partial charge in [-0.1, -0.05) is 0 Å². The zero-order chi connectivity index (χ0) is 12.4. The van der Waals surface area contributed by atoms with Crippen molar-refractivity contribution >= 4 is 11.8 Å². The Labute approximate surface area is 96.5 Å². The van der Waals surface area contributed by atoms with Crippen molar-refractivity contribution in [3.63, 3.8) is 0 Å². The standard InChI is InChI=1S/C12H9FN2O2/c13-9-3-1-7(2-4-9)10-5-8(12(16)17)6-11(14)15-10/h1-6H,(H2,14,15)(H,16,17). The van der Waals surface area contributed by atoms with Crippen LogP contribution in [0.15, 0.2) is 36.4 Å². The fourth-order valence-electron chi connectivity index (χ4n) is 1.44. The molecule has 0 spiro atoms. The van der Waals surface area contributed by atoms with Crippen LogP contribution in [0.5, 0.6) is 0 Å². The summed E-state index contributed by atoms with van der Waals surface area (Å²) in [4.78, 5) is 14.9. The predicted octanol–water partition coefficient (Wildman–Crippen LogP) is 2.17. The van der Waals surface area contributed by atoms with Gasteiger partial charge in [-0.3, -0.25) is 0 Å². The number of pyridine rings is 1. The number of rotatable bonds is 2. The minimum absolute atomic E-state index is 0.0526. The molecule has 1 aromatic carbocycles. The first-order valence-corrected chi connectivity index (χ1v) is 4.83. The van der Waals surface area contributed by atoms with Crippen LogP contribution in [0.25, 0.3) is 11.3 Å². The maximum absolute atomic E-state index is 12.7. The predicted molar refractivity (Wildman–Crippen MR) is 61.0 cm³/mol. The van der Waals surface area contributed by atoms with Gasteiger partial charge in [0.25, 0.3) is 0 Å². The van der Waals surface area contributed by atoms with Gasteiger partial charge in [0, 0.05) is 5.56 Å². The Morgan fingerprint density at radius 2 is 1.88 bits per heavy atom. The van der Waals surface area contributed by atoms with Crippen molar-refractivity contribution in [3.8, 4) is 11.3 Å². The molecule has 0 unspecified atom stereocenters. The third kappa shape index (κ3) is 2.39. The van der Waals surface area contributed by atoms with Gasteiger partial charge in [-0.15, -0.1) is 0 Å². The van der Waals surface area contributed by atoms with Crippen LogP contribution < -0.4 is 5.73 Å². The zero-order valence-corrected chi connectivity index (χ0v) is 8.72. The molecule has 0 atom stereocenters. The molecule has 0 aliphatic carbocycles. The van der Waals surface area contributed by atoms with Crippen LogP contribution in [0.3, 0.4) is 0 Å². The highest BCUT2D eigenvalue weighted by atomic mass is 19.1. The SMILES string of the molecule is Nc1cc(C(=O)O)cc(-c2ccc(F)cc2)n1. The normalized spacial score (nSPS) is 10.2. The molecule has 0 fully saturated rings. The maximum atomic E-state index is 12.7. The molecule has 1 heterocycles. The summed E-state index contributed by atoms with van der Waals surface area (Å²) in [6, 6.07) is 8.26. The summed E-state index contributed by atoms with van der Waals surface area (Å²) in [5.74, 6) is -1.33. The molecule has 0 amide bonds. The average Bonchev–Trinajstić information content (AvgIpc) is 2.29.